The first-order valence-corrected chi connectivity index (χ1v) is 5.74. The van der Waals surface area contributed by atoms with Gasteiger partial charge in [0.05, 0.1) is 11.6 Å². The van der Waals surface area contributed by atoms with Gasteiger partial charge < -0.3 is 20.6 Å². The summed E-state index contributed by atoms with van der Waals surface area (Å²) in [6, 6.07) is 10.6. The van der Waals surface area contributed by atoms with E-state index in [1.165, 1.54) is 0 Å². The first kappa shape index (κ1) is 11.2. The number of aromatic hydroxyl groups is 1. The lowest BCUT2D eigenvalue weighted by atomic mass is 9.87. The van der Waals surface area contributed by atoms with Gasteiger partial charge in [-0.1, -0.05) is 12.1 Å². The van der Waals surface area contributed by atoms with E-state index in [-0.39, 0.29) is 17.6 Å². The second kappa shape index (κ2) is 4.10. The van der Waals surface area contributed by atoms with Gasteiger partial charge in [0.15, 0.2) is 5.75 Å². The van der Waals surface area contributed by atoms with Crippen LogP contribution in [0.2, 0.25) is 0 Å². The molecule has 5 nitrogen and oxygen atoms in total. The SMILES string of the molecule is N#CC1=C(N)Oc2cc[nH]c2C1c1ccc(O)cc1. The minimum atomic E-state index is -0.302. The van der Waals surface area contributed by atoms with E-state index in [9.17, 15) is 10.4 Å². The number of benzene rings is 1. The number of aromatic nitrogens is 1. The van der Waals surface area contributed by atoms with Gasteiger partial charge in [-0.05, 0) is 23.8 Å². The van der Waals surface area contributed by atoms with Crippen molar-refractivity contribution in [1.29, 1.82) is 5.26 Å². The average Bonchev–Trinajstić information content (AvgIpc) is 2.86. The van der Waals surface area contributed by atoms with Crippen LogP contribution in [0, 0.1) is 11.3 Å². The van der Waals surface area contributed by atoms with Crippen molar-refractivity contribution in [2.45, 2.75) is 5.92 Å². The molecule has 0 amide bonds. The van der Waals surface area contributed by atoms with Gasteiger partial charge in [-0.2, -0.15) is 5.26 Å². The Bertz CT molecular complexity index is 692. The molecule has 2 heterocycles. The molecule has 1 aromatic carbocycles. The van der Waals surface area contributed by atoms with E-state index in [1.807, 2.05) is 0 Å². The van der Waals surface area contributed by atoms with E-state index in [2.05, 4.69) is 11.1 Å². The van der Waals surface area contributed by atoms with Crippen LogP contribution in [0.4, 0.5) is 0 Å². The third-order valence-electron chi connectivity index (χ3n) is 3.15. The number of fused-ring (bicyclic) bond motifs is 1. The molecule has 4 N–H and O–H groups in total. The van der Waals surface area contributed by atoms with Gasteiger partial charge >= 0.3 is 0 Å². The summed E-state index contributed by atoms with van der Waals surface area (Å²) in [5.41, 5.74) is 7.81. The predicted molar refractivity (Wildman–Crippen MR) is 68.2 cm³/mol. The van der Waals surface area contributed by atoms with Crippen LogP contribution >= 0.6 is 0 Å². The lowest BCUT2D eigenvalue weighted by Crippen LogP contribution is -2.20. The van der Waals surface area contributed by atoms with Crippen LogP contribution in [0.15, 0.2) is 48.0 Å². The van der Waals surface area contributed by atoms with E-state index < -0.39 is 0 Å². The van der Waals surface area contributed by atoms with E-state index in [1.54, 1.807) is 36.5 Å². The van der Waals surface area contributed by atoms with Crippen molar-refractivity contribution in [2.75, 3.05) is 0 Å². The maximum Gasteiger partial charge on any atom is 0.205 e. The number of allylic oxidation sites excluding steroid dienone is 1. The van der Waals surface area contributed by atoms with Gasteiger partial charge in [0.2, 0.25) is 5.88 Å². The fourth-order valence-corrected chi connectivity index (χ4v) is 2.26. The molecule has 1 unspecified atom stereocenters. The number of hydrogen-bond donors (Lipinski definition) is 3. The molecule has 1 atom stereocenters. The van der Waals surface area contributed by atoms with Gasteiger partial charge in [-0.15, -0.1) is 0 Å². The zero-order valence-corrected chi connectivity index (χ0v) is 9.92. The summed E-state index contributed by atoms with van der Waals surface area (Å²) in [5.74, 6) is 0.615. The fraction of sp³-hybridized carbons (Fsp3) is 0.0714. The Morgan fingerprint density at radius 2 is 2.00 bits per heavy atom. The standard InChI is InChI=1S/C14H11N3O2/c15-7-10-12(8-1-3-9(18)4-2-8)13-11(5-6-17-13)19-14(10)16/h1-6,12,17-18H,16H2. The zero-order valence-electron chi connectivity index (χ0n) is 9.92. The number of nitriles is 1. The number of phenolic OH excluding ortho intramolecular Hbond substituents is 1. The van der Waals surface area contributed by atoms with E-state index in [0.717, 1.165) is 11.3 Å². The van der Waals surface area contributed by atoms with E-state index in [4.69, 9.17) is 10.5 Å². The molecule has 1 aliphatic heterocycles. The number of rotatable bonds is 1. The van der Waals surface area contributed by atoms with Crippen molar-refractivity contribution < 1.29 is 9.84 Å². The number of H-pyrrole nitrogens is 1. The summed E-state index contributed by atoms with van der Waals surface area (Å²) in [6.45, 7) is 0. The number of nitrogens with zero attached hydrogens (tertiary/aromatic N) is 1. The highest BCUT2D eigenvalue weighted by Gasteiger charge is 2.31. The van der Waals surface area contributed by atoms with Gasteiger partial charge in [0.25, 0.3) is 0 Å². The van der Waals surface area contributed by atoms with Crippen LogP contribution in [0.5, 0.6) is 11.5 Å². The van der Waals surface area contributed by atoms with Crippen LogP contribution < -0.4 is 10.5 Å². The molecule has 0 saturated heterocycles. The average molecular weight is 253 g/mol. The number of phenols is 1. The van der Waals surface area contributed by atoms with Crippen molar-refractivity contribution in [1.82, 2.24) is 4.98 Å². The van der Waals surface area contributed by atoms with Crippen molar-refractivity contribution in [3.8, 4) is 17.6 Å². The third-order valence-corrected chi connectivity index (χ3v) is 3.15. The number of ether oxygens (including phenoxy) is 1. The van der Waals surface area contributed by atoms with Gasteiger partial charge in [0.1, 0.15) is 17.4 Å². The summed E-state index contributed by atoms with van der Waals surface area (Å²) in [6.07, 6.45) is 1.74. The van der Waals surface area contributed by atoms with Gasteiger partial charge in [-0.25, -0.2) is 0 Å². The number of aromatic amines is 1. The smallest absolute Gasteiger partial charge is 0.205 e. The molecule has 5 heteroatoms. The summed E-state index contributed by atoms with van der Waals surface area (Å²) in [7, 11) is 0. The van der Waals surface area contributed by atoms with Gasteiger partial charge in [0, 0.05) is 6.20 Å². The number of nitrogens with two attached hydrogens (primary N) is 1. The molecule has 1 aromatic heterocycles. The molecule has 1 aliphatic rings. The topological polar surface area (TPSA) is 95.1 Å². The molecule has 0 fully saturated rings. The lowest BCUT2D eigenvalue weighted by molar-refractivity contribution is 0.393. The Balaban J connectivity index is 2.18. The van der Waals surface area contributed by atoms with Crippen LogP contribution in [0.1, 0.15) is 17.2 Å². The molecule has 2 aromatic rings. The fourth-order valence-electron chi connectivity index (χ4n) is 2.26. The Morgan fingerprint density at radius 1 is 1.26 bits per heavy atom. The molecule has 94 valence electrons. The normalized spacial score (nSPS) is 17.5. The predicted octanol–water partition coefficient (Wildman–Crippen LogP) is 1.94. The molecule has 3 rings (SSSR count). The Hall–Kier alpha value is -2.87. The summed E-state index contributed by atoms with van der Waals surface area (Å²) < 4.78 is 5.41. The second-order valence-corrected chi connectivity index (χ2v) is 4.27. The van der Waals surface area contributed by atoms with Crippen LogP contribution in [-0.2, 0) is 0 Å². The highest BCUT2D eigenvalue weighted by molar-refractivity contribution is 5.53. The Labute approximate surface area is 109 Å². The number of hydrogen-bond acceptors (Lipinski definition) is 4. The molecule has 0 bridgehead atoms. The van der Waals surface area contributed by atoms with Crippen LogP contribution in [0.3, 0.4) is 0 Å². The Morgan fingerprint density at radius 3 is 2.68 bits per heavy atom. The van der Waals surface area contributed by atoms with Crippen molar-refractivity contribution in [2.24, 2.45) is 5.73 Å². The largest absolute Gasteiger partial charge is 0.508 e. The maximum atomic E-state index is 9.35. The molecule has 0 aliphatic carbocycles. The maximum absolute atomic E-state index is 9.35. The summed E-state index contributed by atoms with van der Waals surface area (Å²) in [4.78, 5) is 3.08. The molecule has 19 heavy (non-hydrogen) atoms. The summed E-state index contributed by atoms with van der Waals surface area (Å²) in [5, 5.41) is 18.6. The van der Waals surface area contributed by atoms with Crippen molar-refractivity contribution in [3.63, 3.8) is 0 Å². The lowest BCUT2D eigenvalue weighted by Gasteiger charge is -2.23. The summed E-state index contributed by atoms with van der Waals surface area (Å²) >= 11 is 0. The molecule has 0 saturated carbocycles. The quantitative estimate of drug-likeness (QED) is 0.723. The van der Waals surface area contributed by atoms with E-state index in [0.29, 0.717) is 11.3 Å². The van der Waals surface area contributed by atoms with Gasteiger partial charge in [-0.3, -0.25) is 0 Å². The zero-order chi connectivity index (χ0) is 13.4. The minimum Gasteiger partial charge on any atom is -0.508 e. The van der Waals surface area contributed by atoms with Crippen molar-refractivity contribution in [3.05, 3.63) is 59.2 Å². The Kier molecular flexibility index (Phi) is 2.43. The molecular weight excluding hydrogens is 242 g/mol. The minimum absolute atomic E-state index is 0.118. The molecular formula is C14H11N3O2. The van der Waals surface area contributed by atoms with E-state index >= 15 is 0 Å². The van der Waals surface area contributed by atoms with Crippen LogP contribution in [-0.4, -0.2) is 10.1 Å². The highest BCUT2D eigenvalue weighted by atomic mass is 16.5. The first-order chi connectivity index (χ1) is 9.20. The first-order valence-electron chi connectivity index (χ1n) is 5.74. The molecule has 0 spiro atoms. The second-order valence-electron chi connectivity index (χ2n) is 4.27. The number of nitrogens with one attached hydrogen (secondary N) is 1. The highest BCUT2D eigenvalue weighted by Crippen LogP contribution is 2.41. The monoisotopic (exact) mass is 253 g/mol. The third kappa shape index (κ3) is 1.70. The molecule has 0 radical (unpaired) electrons. The van der Waals surface area contributed by atoms with Crippen molar-refractivity contribution >= 4 is 0 Å². The van der Waals surface area contributed by atoms with Crippen LogP contribution in [0.25, 0.3) is 0 Å².